The Balaban J connectivity index is 2.87. The first-order valence-corrected chi connectivity index (χ1v) is 10.7. The molecule has 0 radical (unpaired) electrons. The second kappa shape index (κ2) is 6.06. The van der Waals surface area contributed by atoms with Crippen LogP contribution in [0.1, 0.15) is 41.5 Å². The first-order valence-electron chi connectivity index (χ1n) is 7.77. The molecule has 0 aromatic carbocycles. The molecule has 2 heterocycles. The van der Waals surface area contributed by atoms with Crippen LogP contribution in [-0.2, 0) is 0 Å². The van der Waals surface area contributed by atoms with E-state index in [-0.39, 0.29) is 5.15 Å². The summed E-state index contributed by atoms with van der Waals surface area (Å²) < 4.78 is 2.39. The molecule has 0 amide bonds. The lowest BCUT2D eigenvalue weighted by Crippen LogP contribution is -2.51. The van der Waals surface area contributed by atoms with E-state index in [0.29, 0.717) is 27.3 Å². The van der Waals surface area contributed by atoms with E-state index in [4.69, 9.17) is 28.9 Å². The summed E-state index contributed by atoms with van der Waals surface area (Å²) >= 11 is 12.6. The van der Waals surface area contributed by atoms with Gasteiger partial charge in [0.25, 0.3) is 0 Å². The molecule has 0 atom stereocenters. The standard InChI is InChI=1S/C16H25Cl2N3Si/c1-9(2)22(10(3)4,11(5)6)21-8-7-12-13(17)14(19)15(18)20-16(12)21/h7-11H,19H2,1-6H3. The van der Waals surface area contributed by atoms with Gasteiger partial charge in [0, 0.05) is 5.39 Å². The lowest BCUT2D eigenvalue weighted by atomic mass is 10.3. The zero-order valence-corrected chi connectivity index (χ0v) is 16.6. The Bertz CT molecular complexity index is 670. The Morgan fingerprint density at radius 3 is 2.00 bits per heavy atom. The van der Waals surface area contributed by atoms with Crippen LogP contribution in [0.15, 0.2) is 12.3 Å². The van der Waals surface area contributed by atoms with Crippen molar-refractivity contribution in [2.75, 3.05) is 5.73 Å². The van der Waals surface area contributed by atoms with E-state index in [1.807, 2.05) is 6.07 Å². The molecule has 0 saturated heterocycles. The summed E-state index contributed by atoms with van der Waals surface area (Å²) in [6.07, 6.45) is 2.13. The number of nitrogens with two attached hydrogens (primary N) is 1. The Morgan fingerprint density at radius 2 is 1.55 bits per heavy atom. The van der Waals surface area contributed by atoms with Crippen molar-refractivity contribution < 1.29 is 0 Å². The van der Waals surface area contributed by atoms with E-state index in [1.165, 1.54) is 0 Å². The summed E-state index contributed by atoms with van der Waals surface area (Å²) in [7, 11) is -1.88. The van der Waals surface area contributed by atoms with Crippen molar-refractivity contribution in [3.05, 3.63) is 22.4 Å². The minimum atomic E-state index is -1.88. The quantitative estimate of drug-likeness (QED) is 0.542. The highest BCUT2D eigenvalue weighted by atomic mass is 35.5. The summed E-state index contributed by atoms with van der Waals surface area (Å²) in [5, 5.41) is 1.69. The van der Waals surface area contributed by atoms with Crippen LogP contribution in [0.3, 0.4) is 0 Å². The predicted octanol–water partition coefficient (Wildman–Crippen LogP) is 5.95. The van der Waals surface area contributed by atoms with Crippen molar-refractivity contribution in [2.24, 2.45) is 0 Å². The van der Waals surface area contributed by atoms with Gasteiger partial charge in [-0.05, 0) is 28.9 Å². The van der Waals surface area contributed by atoms with Crippen molar-refractivity contribution in [1.82, 2.24) is 9.22 Å². The molecule has 0 aliphatic carbocycles. The van der Waals surface area contributed by atoms with Crippen molar-refractivity contribution in [3.8, 4) is 0 Å². The molecule has 122 valence electrons. The highest BCUT2D eigenvalue weighted by Crippen LogP contribution is 2.45. The van der Waals surface area contributed by atoms with Gasteiger partial charge in [-0.3, -0.25) is 0 Å². The monoisotopic (exact) mass is 357 g/mol. The van der Waals surface area contributed by atoms with Crippen LogP contribution in [0, 0.1) is 0 Å². The molecular weight excluding hydrogens is 333 g/mol. The number of halogens is 2. The van der Waals surface area contributed by atoms with E-state index in [9.17, 15) is 0 Å². The van der Waals surface area contributed by atoms with Crippen molar-refractivity contribution >= 4 is 48.2 Å². The highest BCUT2D eigenvalue weighted by molar-refractivity contribution is 6.82. The van der Waals surface area contributed by atoms with Crippen LogP contribution in [-0.4, -0.2) is 17.5 Å². The number of hydrogen-bond donors (Lipinski definition) is 1. The van der Waals surface area contributed by atoms with Crippen molar-refractivity contribution in [1.29, 1.82) is 0 Å². The Labute approximate surface area is 143 Å². The molecule has 6 heteroatoms. The van der Waals surface area contributed by atoms with E-state index in [0.717, 1.165) is 11.0 Å². The SMILES string of the molecule is CC(C)[Si](C(C)C)(C(C)C)n1ccc2c(Cl)c(N)c(Cl)nc21. The van der Waals surface area contributed by atoms with Crippen LogP contribution in [0.5, 0.6) is 0 Å². The summed E-state index contributed by atoms with van der Waals surface area (Å²) in [6.45, 7) is 13.9. The van der Waals surface area contributed by atoms with Crippen LogP contribution in [0.2, 0.25) is 26.8 Å². The topological polar surface area (TPSA) is 43.8 Å². The van der Waals surface area contributed by atoms with Gasteiger partial charge >= 0.3 is 0 Å². The molecule has 0 spiro atoms. The zero-order chi connectivity index (χ0) is 16.8. The second-order valence-electron chi connectivity index (χ2n) is 6.90. The fourth-order valence-electron chi connectivity index (χ4n) is 4.25. The zero-order valence-electron chi connectivity index (χ0n) is 14.1. The Hall–Kier alpha value is -0.713. The number of hydrogen-bond acceptors (Lipinski definition) is 2. The van der Waals surface area contributed by atoms with Gasteiger partial charge in [0.05, 0.1) is 10.7 Å². The first kappa shape index (κ1) is 17.6. The normalized spacial score (nSPS) is 13.0. The summed E-state index contributed by atoms with van der Waals surface area (Å²) in [5.41, 5.74) is 8.86. The number of fused-ring (bicyclic) bond motifs is 1. The number of pyridine rings is 1. The predicted molar refractivity (Wildman–Crippen MR) is 101 cm³/mol. The van der Waals surface area contributed by atoms with Crippen molar-refractivity contribution in [2.45, 2.75) is 58.2 Å². The largest absolute Gasteiger partial charge is 0.395 e. The molecule has 0 bridgehead atoms. The van der Waals surface area contributed by atoms with Crippen LogP contribution < -0.4 is 5.73 Å². The third-order valence-electron chi connectivity index (χ3n) is 4.95. The van der Waals surface area contributed by atoms with Gasteiger partial charge in [-0.1, -0.05) is 64.7 Å². The third-order valence-corrected chi connectivity index (χ3v) is 12.4. The number of rotatable bonds is 4. The first-order chi connectivity index (χ1) is 10.2. The average Bonchev–Trinajstić information content (AvgIpc) is 2.80. The van der Waals surface area contributed by atoms with Gasteiger partial charge in [0.2, 0.25) is 0 Å². The molecule has 2 N–H and O–H groups in total. The lowest BCUT2D eigenvalue weighted by Gasteiger charge is -2.44. The molecule has 0 unspecified atom stereocenters. The van der Waals surface area contributed by atoms with E-state index in [1.54, 1.807) is 0 Å². The lowest BCUT2D eigenvalue weighted by molar-refractivity contribution is 0.770. The van der Waals surface area contributed by atoms with Gasteiger partial charge < -0.3 is 9.97 Å². The summed E-state index contributed by atoms with van der Waals surface area (Å²) in [6, 6.07) is 2.02. The number of nitrogens with zero attached hydrogens (tertiary/aromatic N) is 2. The molecule has 3 nitrogen and oxygen atoms in total. The Morgan fingerprint density at radius 1 is 1.05 bits per heavy atom. The van der Waals surface area contributed by atoms with E-state index >= 15 is 0 Å². The minimum Gasteiger partial charge on any atom is -0.395 e. The number of nitrogen functional groups attached to an aromatic ring is 1. The van der Waals surface area contributed by atoms with Gasteiger partial charge in [0.15, 0.2) is 13.4 Å². The maximum Gasteiger partial charge on any atom is 0.171 e. The molecule has 2 aromatic heterocycles. The molecule has 2 aromatic rings. The van der Waals surface area contributed by atoms with Crippen LogP contribution in [0.4, 0.5) is 5.69 Å². The van der Waals surface area contributed by atoms with E-state index < -0.39 is 8.24 Å². The Kier molecular flexibility index (Phi) is 4.86. The molecule has 0 saturated carbocycles. The summed E-state index contributed by atoms with van der Waals surface area (Å²) in [4.78, 5) is 4.56. The van der Waals surface area contributed by atoms with Gasteiger partial charge in [-0.15, -0.1) is 0 Å². The summed E-state index contributed by atoms with van der Waals surface area (Å²) in [5.74, 6) is 0. The van der Waals surface area contributed by atoms with Crippen molar-refractivity contribution in [3.63, 3.8) is 0 Å². The molecule has 0 fully saturated rings. The second-order valence-corrected chi connectivity index (χ2v) is 13.4. The van der Waals surface area contributed by atoms with E-state index in [2.05, 4.69) is 57.0 Å². The van der Waals surface area contributed by atoms with Gasteiger partial charge in [0.1, 0.15) is 5.65 Å². The van der Waals surface area contributed by atoms with Crippen LogP contribution >= 0.6 is 23.2 Å². The van der Waals surface area contributed by atoms with Crippen LogP contribution in [0.25, 0.3) is 11.0 Å². The fourth-order valence-corrected chi connectivity index (χ4v) is 11.2. The maximum absolute atomic E-state index is 6.39. The molecule has 0 aliphatic heterocycles. The average molecular weight is 358 g/mol. The smallest absolute Gasteiger partial charge is 0.171 e. The third kappa shape index (κ3) is 2.36. The van der Waals surface area contributed by atoms with Gasteiger partial charge in [-0.25, -0.2) is 4.98 Å². The fraction of sp³-hybridized carbons (Fsp3) is 0.562. The molecule has 0 aliphatic rings. The molecule has 22 heavy (non-hydrogen) atoms. The number of anilines is 1. The highest BCUT2D eigenvalue weighted by Gasteiger charge is 2.46. The number of aromatic nitrogens is 2. The van der Waals surface area contributed by atoms with Gasteiger partial charge in [-0.2, -0.15) is 0 Å². The maximum atomic E-state index is 6.39. The minimum absolute atomic E-state index is 0.289. The molecular formula is C16H25Cl2N3Si. The molecule has 2 rings (SSSR count).